The Morgan fingerprint density at radius 1 is 0.485 bits per heavy atom. The predicted molar refractivity (Wildman–Crippen MR) is 147 cm³/mol. The molecule has 0 aliphatic carbocycles. The first kappa shape index (κ1) is 32.5. The lowest BCUT2D eigenvalue weighted by Crippen LogP contribution is -2.30. The lowest BCUT2D eigenvalue weighted by molar-refractivity contribution is -0.156. The minimum Gasteiger partial charge on any atom is -0.465 e. The average Bonchev–Trinajstić information content (AvgIpc) is 2.81. The second-order valence-electron chi connectivity index (χ2n) is 10.9. The number of carbonyl (C=O) groups excluding carboxylic acids is 1. The van der Waals surface area contributed by atoms with Crippen LogP contribution in [0, 0.1) is 5.41 Å². The fourth-order valence-corrected chi connectivity index (χ4v) is 4.85. The van der Waals surface area contributed by atoms with Gasteiger partial charge in [-0.1, -0.05) is 156 Å². The predicted octanol–water partition coefficient (Wildman–Crippen LogP) is 11.0. The maximum Gasteiger partial charge on any atom is 0.311 e. The average molecular weight is 467 g/mol. The molecule has 1 atom stereocenters. The Morgan fingerprint density at radius 3 is 1.15 bits per heavy atom. The van der Waals surface area contributed by atoms with E-state index in [1.165, 1.54) is 135 Å². The molecule has 0 amide bonds. The first-order valence-electron chi connectivity index (χ1n) is 15.3. The third kappa shape index (κ3) is 20.5. The largest absolute Gasteiger partial charge is 0.465 e. The summed E-state index contributed by atoms with van der Waals surface area (Å²) in [5.41, 5.74) is -0.270. The maximum absolute atomic E-state index is 13.0. The van der Waals surface area contributed by atoms with Gasteiger partial charge in [0.1, 0.15) is 0 Å². The van der Waals surface area contributed by atoms with Crippen LogP contribution in [0.15, 0.2) is 0 Å². The van der Waals surface area contributed by atoms with Gasteiger partial charge in [0.2, 0.25) is 0 Å². The molecule has 0 radical (unpaired) electrons. The van der Waals surface area contributed by atoms with Crippen molar-refractivity contribution in [1.29, 1.82) is 0 Å². The van der Waals surface area contributed by atoms with Crippen molar-refractivity contribution in [2.24, 2.45) is 5.41 Å². The summed E-state index contributed by atoms with van der Waals surface area (Å²) in [4.78, 5) is 13.0. The van der Waals surface area contributed by atoms with Crippen LogP contribution in [0.3, 0.4) is 0 Å². The highest BCUT2D eigenvalue weighted by Crippen LogP contribution is 2.33. The highest BCUT2D eigenvalue weighted by molar-refractivity contribution is 5.76. The SMILES string of the molecule is CCCCCCCCCCCCC(C)(CCCCCCC)C(=O)OCCCCCCCCC. The van der Waals surface area contributed by atoms with Crippen molar-refractivity contribution in [2.45, 2.75) is 182 Å². The summed E-state index contributed by atoms with van der Waals surface area (Å²) < 4.78 is 5.82. The topological polar surface area (TPSA) is 26.3 Å². The molecule has 0 spiro atoms. The highest BCUT2D eigenvalue weighted by Gasteiger charge is 2.33. The fourth-order valence-electron chi connectivity index (χ4n) is 4.85. The Kier molecular flexibility index (Phi) is 24.2. The quantitative estimate of drug-likeness (QED) is 0.0935. The van der Waals surface area contributed by atoms with Gasteiger partial charge in [0.05, 0.1) is 12.0 Å². The van der Waals surface area contributed by atoms with Crippen molar-refractivity contribution < 1.29 is 9.53 Å². The van der Waals surface area contributed by atoms with Crippen molar-refractivity contribution in [3.8, 4) is 0 Å². The van der Waals surface area contributed by atoms with E-state index in [1.54, 1.807) is 0 Å². The normalized spacial score (nSPS) is 13.2. The molecule has 0 saturated heterocycles. The van der Waals surface area contributed by atoms with Crippen LogP contribution < -0.4 is 0 Å². The van der Waals surface area contributed by atoms with Gasteiger partial charge in [0.15, 0.2) is 0 Å². The molecule has 0 aliphatic heterocycles. The summed E-state index contributed by atoms with van der Waals surface area (Å²) >= 11 is 0. The second kappa shape index (κ2) is 24.6. The van der Waals surface area contributed by atoms with Crippen molar-refractivity contribution in [3.05, 3.63) is 0 Å². The van der Waals surface area contributed by atoms with Crippen molar-refractivity contribution in [3.63, 3.8) is 0 Å². The third-order valence-corrected chi connectivity index (χ3v) is 7.39. The van der Waals surface area contributed by atoms with Gasteiger partial charge in [-0.15, -0.1) is 0 Å². The second-order valence-corrected chi connectivity index (χ2v) is 10.9. The molecule has 0 fully saturated rings. The summed E-state index contributed by atoms with van der Waals surface area (Å²) in [7, 11) is 0. The van der Waals surface area contributed by atoms with Gasteiger partial charge in [-0.05, 0) is 26.2 Å². The van der Waals surface area contributed by atoms with Gasteiger partial charge in [0.25, 0.3) is 0 Å². The number of ether oxygens (including phenoxy) is 1. The molecule has 2 heteroatoms. The summed E-state index contributed by atoms with van der Waals surface area (Å²) in [6, 6.07) is 0. The number of rotatable bonds is 26. The smallest absolute Gasteiger partial charge is 0.311 e. The zero-order chi connectivity index (χ0) is 24.5. The van der Waals surface area contributed by atoms with Crippen LogP contribution in [0.4, 0.5) is 0 Å². The van der Waals surface area contributed by atoms with Gasteiger partial charge in [-0.3, -0.25) is 4.79 Å². The molecular weight excluding hydrogens is 404 g/mol. The molecule has 1 unspecified atom stereocenters. The van der Waals surface area contributed by atoms with E-state index >= 15 is 0 Å². The van der Waals surface area contributed by atoms with Crippen molar-refractivity contribution in [1.82, 2.24) is 0 Å². The Balaban J connectivity index is 4.17. The number of carbonyl (C=O) groups is 1. The van der Waals surface area contributed by atoms with E-state index in [9.17, 15) is 4.79 Å². The van der Waals surface area contributed by atoms with E-state index in [0.29, 0.717) is 6.61 Å². The molecule has 0 bridgehead atoms. The molecule has 0 heterocycles. The molecule has 2 nitrogen and oxygen atoms in total. The van der Waals surface area contributed by atoms with E-state index in [-0.39, 0.29) is 11.4 Å². The summed E-state index contributed by atoms with van der Waals surface area (Å²) in [5.74, 6) is 0.0832. The Labute approximate surface area is 209 Å². The van der Waals surface area contributed by atoms with Crippen LogP contribution in [0.25, 0.3) is 0 Å². The van der Waals surface area contributed by atoms with E-state index in [2.05, 4.69) is 27.7 Å². The summed E-state index contributed by atoms with van der Waals surface area (Å²) in [6.45, 7) is 9.61. The van der Waals surface area contributed by atoms with E-state index in [0.717, 1.165) is 19.3 Å². The maximum atomic E-state index is 13.0. The molecule has 0 aromatic rings. The molecule has 0 aliphatic rings. The lowest BCUT2D eigenvalue weighted by Gasteiger charge is -2.27. The first-order valence-corrected chi connectivity index (χ1v) is 15.3. The Bertz CT molecular complexity index is 406. The van der Waals surface area contributed by atoms with Crippen LogP contribution >= 0.6 is 0 Å². The van der Waals surface area contributed by atoms with Crippen LogP contribution in [0.1, 0.15) is 182 Å². The minimum absolute atomic E-state index is 0.0832. The number of hydrogen-bond donors (Lipinski definition) is 0. The van der Waals surface area contributed by atoms with E-state index < -0.39 is 0 Å². The van der Waals surface area contributed by atoms with Gasteiger partial charge in [-0.25, -0.2) is 0 Å². The van der Waals surface area contributed by atoms with Gasteiger partial charge in [-0.2, -0.15) is 0 Å². The Hall–Kier alpha value is -0.530. The van der Waals surface area contributed by atoms with Gasteiger partial charge in [0, 0.05) is 0 Å². The molecule has 0 aromatic carbocycles. The molecule has 0 N–H and O–H groups in total. The Morgan fingerprint density at radius 2 is 0.788 bits per heavy atom. The van der Waals surface area contributed by atoms with E-state index in [1.807, 2.05) is 0 Å². The number of esters is 1. The van der Waals surface area contributed by atoms with Gasteiger partial charge >= 0.3 is 5.97 Å². The van der Waals surface area contributed by atoms with E-state index in [4.69, 9.17) is 4.74 Å². The molecule has 0 aromatic heterocycles. The third-order valence-electron chi connectivity index (χ3n) is 7.39. The molecule has 0 rings (SSSR count). The summed E-state index contributed by atoms with van der Waals surface area (Å²) in [6.07, 6.45) is 30.6. The van der Waals surface area contributed by atoms with Gasteiger partial charge < -0.3 is 4.74 Å². The van der Waals surface area contributed by atoms with Crippen LogP contribution in [0.5, 0.6) is 0 Å². The van der Waals surface area contributed by atoms with Crippen LogP contribution in [0.2, 0.25) is 0 Å². The molecule has 33 heavy (non-hydrogen) atoms. The lowest BCUT2D eigenvalue weighted by atomic mass is 9.79. The fraction of sp³-hybridized carbons (Fsp3) is 0.968. The zero-order valence-corrected chi connectivity index (χ0v) is 23.5. The molecule has 0 saturated carbocycles. The molecule has 198 valence electrons. The highest BCUT2D eigenvalue weighted by atomic mass is 16.5. The minimum atomic E-state index is -0.270. The monoisotopic (exact) mass is 466 g/mol. The van der Waals surface area contributed by atoms with Crippen LogP contribution in [-0.2, 0) is 9.53 Å². The number of unbranched alkanes of at least 4 members (excludes halogenated alkanes) is 19. The van der Waals surface area contributed by atoms with Crippen LogP contribution in [-0.4, -0.2) is 12.6 Å². The zero-order valence-electron chi connectivity index (χ0n) is 23.5. The van der Waals surface area contributed by atoms with Crippen molar-refractivity contribution in [2.75, 3.05) is 6.61 Å². The standard InChI is InChI=1S/C31H62O2/c1-5-8-11-14-16-17-18-19-22-25-28-31(4,27-24-21-13-10-7-3)30(32)33-29-26-23-20-15-12-9-6-2/h5-29H2,1-4H3. The first-order chi connectivity index (χ1) is 16.1. The van der Waals surface area contributed by atoms with Crippen molar-refractivity contribution >= 4 is 5.97 Å². The number of hydrogen-bond acceptors (Lipinski definition) is 2. The summed E-state index contributed by atoms with van der Waals surface area (Å²) in [5, 5.41) is 0. The molecular formula is C31H62O2.